The second-order valence-corrected chi connectivity index (χ2v) is 6.27. The summed E-state index contributed by atoms with van der Waals surface area (Å²) in [5, 5.41) is 23.1. The summed E-state index contributed by atoms with van der Waals surface area (Å²) in [7, 11) is 0. The molecule has 1 heterocycles. The van der Waals surface area contributed by atoms with Crippen molar-refractivity contribution < 1.29 is 19.2 Å². The smallest absolute Gasteiger partial charge is 0.296 e. The van der Waals surface area contributed by atoms with Crippen LogP contribution in [0.4, 0.5) is 11.4 Å². The Morgan fingerprint density at radius 2 is 1.93 bits per heavy atom. The number of rotatable bonds is 4. The fraction of sp³-hybridized carbons (Fsp3) is 0.111. The summed E-state index contributed by atoms with van der Waals surface area (Å²) in [6.45, 7) is 0.576. The summed E-state index contributed by atoms with van der Waals surface area (Å²) < 4.78 is 11.4. The molecular weight excluding hydrogens is 418 g/mol. The molecule has 0 saturated heterocycles. The number of halogens is 1. The van der Waals surface area contributed by atoms with Crippen LogP contribution in [-0.2, 0) is 4.79 Å². The van der Waals surface area contributed by atoms with Crippen LogP contribution < -0.4 is 14.8 Å². The molecule has 8 nitrogen and oxygen atoms in total. The summed E-state index contributed by atoms with van der Waals surface area (Å²) in [6.07, 6.45) is 1.39. The third-order valence-corrected chi connectivity index (χ3v) is 4.40. The van der Waals surface area contributed by atoms with E-state index in [1.807, 2.05) is 6.07 Å². The molecule has 0 bridgehead atoms. The number of benzene rings is 2. The predicted molar refractivity (Wildman–Crippen MR) is 100 cm³/mol. The molecule has 136 valence electrons. The summed E-state index contributed by atoms with van der Waals surface area (Å²) in [5.41, 5.74) is -0.0136. The van der Waals surface area contributed by atoms with Gasteiger partial charge in [-0.25, -0.2) is 0 Å². The van der Waals surface area contributed by atoms with Crippen LogP contribution in [0.15, 0.2) is 46.4 Å². The van der Waals surface area contributed by atoms with Gasteiger partial charge in [-0.15, -0.1) is 0 Å². The van der Waals surface area contributed by atoms with E-state index < -0.39 is 10.8 Å². The minimum Gasteiger partial charge on any atom is -0.486 e. The molecule has 2 aromatic carbocycles. The summed E-state index contributed by atoms with van der Waals surface area (Å²) in [5.74, 6) is -0.251. The average Bonchev–Trinajstić information content (AvgIpc) is 2.66. The number of anilines is 1. The molecule has 9 heteroatoms. The lowest BCUT2D eigenvalue weighted by molar-refractivity contribution is -0.384. The molecule has 1 amide bonds. The average molecular weight is 430 g/mol. The van der Waals surface area contributed by atoms with E-state index in [1.54, 1.807) is 24.3 Å². The number of fused-ring (bicyclic) bond motifs is 1. The van der Waals surface area contributed by atoms with Crippen molar-refractivity contribution in [3.63, 3.8) is 0 Å². The van der Waals surface area contributed by atoms with Crippen molar-refractivity contribution in [1.82, 2.24) is 0 Å². The number of nitriles is 1. The van der Waals surface area contributed by atoms with Gasteiger partial charge in [-0.1, -0.05) is 34.1 Å². The quantitative estimate of drug-likeness (QED) is 0.343. The number of nitro benzene ring substituents is 1. The number of hydrogen-bond donors (Lipinski definition) is 1. The van der Waals surface area contributed by atoms with Gasteiger partial charge in [-0.05, 0) is 17.7 Å². The van der Waals surface area contributed by atoms with E-state index in [0.717, 1.165) is 0 Å². The zero-order valence-corrected chi connectivity index (χ0v) is 15.4. The Morgan fingerprint density at radius 1 is 1.26 bits per heavy atom. The number of nitrogens with zero attached hydrogens (tertiary/aromatic N) is 2. The van der Waals surface area contributed by atoms with Gasteiger partial charge >= 0.3 is 0 Å². The summed E-state index contributed by atoms with van der Waals surface area (Å²) >= 11 is 3.34. The Balaban J connectivity index is 1.94. The fourth-order valence-corrected chi connectivity index (χ4v) is 2.81. The number of carbonyl (C=O) groups is 1. The van der Waals surface area contributed by atoms with E-state index in [1.165, 1.54) is 18.2 Å². The topological polar surface area (TPSA) is 114 Å². The maximum absolute atomic E-state index is 12.5. The van der Waals surface area contributed by atoms with Crippen LogP contribution in [-0.4, -0.2) is 24.0 Å². The first-order valence-corrected chi connectivity index (χ1v) is 8.54. The van der Waals surface area contributed by atoms with Crippen LogP contribution in [0.1, 0.15) is 5.56 Å². The lowest BCUT2D eigenvalue weighted by Gasteiger charge is -2.19. The van der Waals surface area contributed by atoms with E-state index in [2.05, 4.69) is 21.2 Å². The van der Waals surface area contributed by atoms with Crippen molar-refractivity contribution >= 4 is 39.3 Å². The van der Waals surface area contributed by atoms with Gasteiger partial charge in [-0.3, -0.25) is 14.9 Å². The van der Waals surface area contributed by atoms with Crippen LogP contribution >= 0.6 is 15.9 Å². The molecule has 0 unspecified atom stereocenters. The molecular formula is C18H12BrN3O5. The first-order chi connectivity index (χ1) is 13.0. The largest absolute Gasteiger partial charge is 0.486 e. The van der Waals surface area contributed by atoms with Gasteiger partial charge in [0.05, 0.1) is 11.0 Å². The number of nitrogens with one attached hydrogen (secondary N) is 1. The second-order valence-electron chi connectivity index (χ2n) is 5.42. The minimum absolute atomic E-state index is 0.0810. The molecule has 0 aromatic heterocycles. The highest BCUT2D eigenvalue weighted by atomic mass is 79.9. The molecule has 1 N–H and O–H groups in total. The number of ether oxygens (including phenoxy) is 2. The van der Waals surface area contributed by atoms with Crippen molar-refractivity contribution in [1.29, 1.82) is 5.26 Å². The lowest BCUT2D eigenvalue weighted by atomic mass is 10.1. The second kappa shape index (κ2) is 7.88. The molecule has 3 rings (SSSR count). The van der Waals surface area contributed by atoms with Gasteiger partial charge in [0.15, 0.2) is 11.5 Å². The van der Waals surface area contributed by atoms with Crippen LogP contribution in [0.3, 0.4) is 0 Å². The highest BCUT2D eigenvalue weighted by Gasteiger charge is 2.24. The van der Waals surface area contributed by atoms with E-state index in [0.29, 0.717) is 16.6 Å². The maximum Gasteiger partial charge on any atom is 0.296 e. The van der Waals surface area contributed by atoms with Crippen LogP contribution in [0, 0.1) is 21.4 Å². The molecule has 0 spiro atoms. The molecule has 1 aliphatic rings. The van der Waals surface area contributed by atoms with Crippen LogP contribution in [0.25, 0.3) is 6.08 Å². The molecule has 0 aliphatic carbocycles. The Morgan fingerprint density at radius 3 is 2.56 bits per heavy atom. The molecule has 0 fully saturated rings. The zero-order valence-electron chi connectivity index (χ0n) is 13.8. The van der Waals surface area contributed by atoms with E-state index in [4.69, 9.17) is 9.47 Å². The fourth-order valence-electron chi connectivity index (χ4n) is 2.42. The Bertz CT molecular complexity index is 997. The zero-order chi connectivity index (χ0) is 19.4. The SMILES string of the molecule is N#CC(=Cc1ccccc1Br)C(=O)Nc1cc2c(cc1[N+](=O)[O-])OCCO2. The Kier molecular flexibility index (Phi) is 5.38. The van der Waals surface area contributed by atoms with E-state index in [9.17, 15) is 20.2 Å². The van der Waals surface area contributed by atoms with Gasteiger partial charge < -0.3 is 14.8 Å². The molecule has 0 saturated carbocycles. The van der Waals surface area contributed by atoms with Gasteiger partial charge in [0, 0.05) is 10.5 Å². The summed E-state index contributed by atoms with van der Waals surface area (Å²) in [4.78, 5) is 23.2. The molecule has 2 aromatic rings. The molecule has 0 atom stereocenters. The number of carbonyl (C=O) groups excluding carboxylic acids is 1. The number of amides is 1. The Labute approximate surface area is 162 Å². The molecule has 0 radical (unpaired) electrons. The van der Waals surface area contributed by atoms with Gasteiger partial charge in [0.2, 0.25) is 0 Å². The molecule has 27 heavy (non-hydrogen) atoms. The van der Waals surface area contributed by atoms with Gasteiger partial charge in [-0.2, -0.15) is 5.26 Å². The van der Waals surface area contributed by atoms with E-state index >= 15 is 0 Å². The van der Waals surface area contributed by atoms with Crippen LogP contribution in [0.5, 0.6) is 11.5 Å². The maximum atomic E-state index is 12.5. The van der Waals surface area contributed by atoms with Crippen LogP contribution in [0.2, 0.25) is 0 Å². The monoisotopic (exact) mass is 429 g/mol. The highest BCUT2D eigenvalue weighted by Crippen LogP contribution is 2.39. The highest BCUT2D eigenvalue weighted by molar-refractivity contribution is 9.10. The standard InChI is InChI=1S/C18H12BrN3O5/c19-13-4-2-1-3-11(13)7-12(10-20)18(23)21-14-8-16-17(27-6-5-26-16)9-15(14)22(24)25/h1-4,7-9H,5-6H2,(H,21,23). The van der Waals surface area contributed by atoms with Crippen molar-refractivity contribution in [3.8, 4) is 17.6 Å². The van der Waals surface area contributed by atoms with Gasteiger partial charge in [0.1, 0.15) is 30.5 Å². The minimum atomic E-state index is -0.770. The first kappa shape index (κ1) is 18.4. The third kappa shape index (κ3) is 4.07. The number of nitro groups is 1. The van der Waals surface area contributed by atoms with Crippen molar-refractivity contribution in [2.45, 2.75) is 0 Å². The van der Waals surface area contributed by atoms with Crippen molar-refractivity contribution in [2.24, 2.45) is 0 Å². The lowest BCUT2D eigenvalue weighted by Crippen LogP contribution is -2.18. The molecule has 1 aliphatic heterocycles. The Hall–Kier alpha value is -3.38. The number of hydrogen-bond acceptors (Lipinski definition) is 6. The third-order valence-electron chi connectivity index (χ3n) is 3.68. The van der Waals surface area contributed by atoms with Gasteiger partial charge in [0.25, 0.3) is 11.6 Å². The summed E-state index contributed by atoms with van der Waals surface area (Å²) in [6, 6.07) is 11.4. The predicted octanol–water partition coefficient (Wildman–Crippen LogP) is 3.67. The van der Waals surface area contributed by atoms with E-state index in [-0.39, 0.29) is 35.1 Å². The normalized spacial score (nSPS) is 12.8. The first-order valence-electron chi connectivity index (χ1n) is 7.75. The van der Waals surface area contributed by atoms with Crippen molar-refractivity contribution in [2.75, 3.05) is 18.5 Å². The van der Waals surface area contributed by atoms with Crippen molar-refractivity contribution in [3.05, 3.63) is 62.1 Å².